The molecule has 342 valence electrons. The number of hydrogen-bond acceptors (Lipinski definition) is 5. The van der Waals surface area contributed by atoms with Crippen molar-refractivity contribution in [3.63, 3.8) is 0 Å². The van der Waals surface area contributed by atoms with Gasteiger partial charge in [-0.25, -0.2) is 4.57 Å². The number of unbranched alkanes of at least 4 members (excludes halogenated alkanes) is 33. The van der Waals surface area contributed by atoms with Gasteiger partial charge in [0, 0.05) is 6.42 Å². The molecule has 57 heavy (non-hydrogen) atoms. The van der Waals surface area contributed by atoms with E-state index in [-0.39, 0.29) is 19.1 Å². The highest BCUT2D eigenvalue weighted by Crippen LogP contribution is 2.43. The maximum Gasteiger partial charge on any atom is 0.472 e. The predicted molar refractivity (Wildman–Crippen MR) is 245 cm³/mol. The molecule has 0 aromatic carbocycles. The minimum atomic E-state index is -4.31. The Morgan fingerprint density at radius 3 is 1.18 bits per heavy atom. The zero-order valence-corrected chi connectivity index (χ0v) is 39.8. The van der Waals surface area contributed by atoms with E-state index in [2.05, 4.69) is 19.2 Å². The highest BCUT2D eigenvalue weighted by atomic mass is 31.2. The summed E-state index contributed by atoms with van der Waals surface area (Å²) in [5.74, 6) is -0.140. The van der Waals surface area contributed by atoms with E-state index in [4.69, 9.17) is 9.05 Å². The zero-order valence-electron chi connectivity index (χ0n) is 38.9. The van der Waals surface area contributed by atoms with Gasteiger partial charge in [0.25, 0.3) is 0 Å². The van der Waals surface area contributed by atoms with Gasteiger partial charge >= 0.3 is 7.82 Å². The molecule has 1 amide bonds. The Kier molecular flexibility index (Phi) is 40.5. The molecule has 0 aromatic rings. The Morgan fingerprint density at radius 2 is 0.842 bits per heavy atom. The number of nitrogens with zero attached hydrogens (tertiary/aromatic N) is 1. The first-order valence-electron chi connectivity index (χ1n) is 24.9. The number of likely N-dealkylation sites (N-methyl/N-ethyl adjacent to an activating group) is 1. The van der Waals surface area contributed by atoms with E-state index in [0.29, 0.717) is 23.9 Å². The SMILES string of the molecule is CCCCCCCCCCCCCCCCCCCCCCCCC(O)C(COP(=O)(O)OCC[N+](C)(C)C)NC(=O)CCCCCCCCCCCCCCC. The lowest BCUT2D eigenvalue weighted by Crippen LogP contribution is -2.46. The number of hydrogen-bond donors (Lipinski definition) is 3. The molecule has 0 aliphatic rings. The van der Waals surface area contributed by atoms with Crippen molar-refractivity contribution >= 4 is 13.7 Å². The van der Waals surface area contributed by atoms with E-state index in [9.17, 15) is 19.4 Å². The van der Waals surface area contributed by atoms with E-state index in [1.54, 1.807) is 0 Å². The van der Waals surface area contributed by atoms with Crippen molar-refractivity contribution in [3.05, 3.63) is 0 Å². The van der Waals surface area contributed by atoms with E-state index in [0.717, 1.165) is 38.5 Å². The van der Waals surface area contributed by atoms with Crippen molar-refractivity contribution in [1.29, 1.82) is 0 Å². The average Bonchev–Trinajstić information content (AvgIpc) is 3.16. The fourth-order valence-corrected chi connectivity index (χ4v) is 8.37. The largest absolute Gasteiger partial charge is 0.472 e. The van der Waals surface area contributed by atoms with Crippen molar-refractivity contribution in [2.45, 2.75) is 264 Å². The molecule has 0 bridgehead atoms. The number of quaternary nitrogens is 1. The molecule has 0 aliphatic heterocycles. The van der Waals surface area contributed by atoms with E-state index in [1.807, 2.05) is 21.1 Å². The molecule has 8 nitrogen and oxygen atoms in total. The summed E-state index contributed by atoms with van der Waals surface area (Å²) >= 11 is 0. The first kappa shape index (κ1) is 56.5. The second-order valence-electron chi connectivity index (χ2n) is 18.6. The van der Waals surface area contributed by atoms with Gasteiger partial charge in [-0.05, 0) is 12.8 Å². The molecule has 0 aliphatic carbocycles. The minimum Gasteiger partial charge on any atom is -0.391 e. The van der Waals surface area contributed by atoms with Crippen LogP contribution in [-0.2, 0) is 18.4 Å². The fraction of sp³-hybridized carbons (Fsp3) is 0.979. The van der Waals surface area contributed by atoms with Gasteiger partial charge in [-0.2, -0.15) is 0 Å². The first-order valence-corrected chi connectivity index (χ1v) is 26.4. The van der Waals surface area contributed by atoms with Gasteiger partial charge in [0.1, 0.15) is 13.2 Å². The van der Waals surface area contributed by atoms with Crippen LogP contribution in [0, 0.1) is 0 Å². The summed E-state index contributed by atoms with van der Waals surface area (Å²) in [6.45, 7) is 4.92. The van der Waals surface area contributed by atoms with Crippen molar-refractivity contribution in [1.82, 2.24) is 5.32 Å². The molecular formula is C48H100N2O6P+. The Balaban J connectivity index is 4.20. The lowest BCUT2D eigenvalue weighted by molar-refractivity contribution is -0.870. The lowest BCUT2D eigenvalue weighted by atomic mass is 10.0. The third-order valence-corrected chi connectivity index (χ3v) is 12.6. The quantitative estimate of drug-likeness (QED) is 0.0321. The third-order valence-electron chi connectivity index (χ3n) is 11.6. The maximum absolute atomic E-state index is 12.9. The van der Waals surface area contributed by atoms with Crippen molar-refractivity contribution < 1.29 is 32.9 Å². The summed E-state index contributed by atoms with van der Waals surface area (Å²) in [6, 6.07) is -0.753. The smallest absolute Gasteiger partial charge is 0.391 e. The average molecular weight is 832 g/mol. The molecule has 0 saturated heterocycles. The van der Waals surface area contributed by atoms with Crippen LogP contribution in [0.15, 0.2) is 0 Å². The molecule has 0 spiro atoms. The van der Waals surface area contributed by atoms with Gasteiger partial charge in [0.15, 0.2) is 0 Å². The van der Waals surface area contributed by atoms with Crippen LogP contribution in [0.1, 0.15) is 251 Å². The molecule has 3 atom stereocenters. The van der Waals surface area contributed by atoms with Crippen molar-refractivity contribution in [2.75, 3.05) is 40.9 Å². The van der Waals surface area contributed by atoms with Crippen LogP contribution in [0.5, 0.6) is 0 Å². The molecule has 0 heterocycles. The van der Waals surface area contributed by atoms with E-state index in [1.165, 1.54) is 186 Å². The summed E-state index contributed by atoms with van der Waals surface area (Å²) in [6.07, 6.45) is 45.6. The summed E-state index contributed by atoms with van der Waals surface area (Å²) in [7, 11) is 1.63. The number of carbonyl (C=O) groups is 1. The van der Waals surface area contributed by atoms with Gasteiger partial charge in [-0.1, -0.05) is 232 Å². The second kappa shape index (κ2) is 40.9. The van der Waals surface area contributed by atoms with Crippen LogP contribution in [0.25, 0.3) is 0 Å². The molecule has 0 rings (SSSR count). The van der Waals surface area contributed by atoms with Gasteiger partial charge in [0.05, 0.1) is 39.9 Å². The minimum absolute atomic E-state index is 0.0787. The highest BCUT2D eigenvalue weighted by Gasteiger charge is 2.28. The lowest BCUT2D eigenvalue weighted by Gasteiger charge is -2.26. The molecule has 0 radical (unpaired) electrons. The van der Waals surface area contributed by atoms with Crippen LogP contribution >= 0.6 is 7.82 Å². The number of rotatable bonds is 46. The molecule has 3 N–H and O–H groups in total. The standard InChI is InChI=1S/C48H99N2O6P/c1-6-8-10-12-14-16-18-20-21-22-23-24-25-26-27-28-30-31-33-35-37-39-41-47(51)46(45-56-57(53,54)55-44-43-50(3,4)5)49-48(52)42-40-38-36-34-32-29-19-17-15-13-11-9-7-2/h46-47,51H,6-45H2,1-5H3,(H-,49,52,53,54)/p+1. The first-order chi connectivity index (χ1) is 27.5. The summed E-state index contributed by atoms with van der Waals surface area (Å²) in [5, 5.41) is 14.0. The van der Waals surface area contributed by atoms with Crippen LogP contribution < -0.4 is 5.32 Å². The van der Waals surface area contributed by atoms with Crippen LogP contribution in [0.4, 0.5) is 0 Å². The van der Waals surface area contributed by atoms with Gasteiger partial charge < -0.3 is 19.8 Å². The topological polar surface area (TPSA) is 105 Å². The normalized spacial score (nSPS) is 14.2. The third kappa shape index (κ3) is 43.4. The van der Waals surface area contributed by atoms with E-state index >= 15 is 0 Å². The maximum atomic E-state index is 12.9. The number of aliphatic hydroxyl groups is 1. The van der Waals surface area contributed by atoms with Gasteiger partial charge in [0.2, 0.25) is 5.91 Å². The fourth-order valence-electron chi connectivity index (χ4n) is 7.64. The predicted octanol–water partition coefficient (Wildman–Crippen LogP) is 14.1. The molecule has 9 heteroatoms. The number of aliphatic hydroxyl groups excluding tert-OH is 1. The summed E-state index contributed by atoms with van der Waals surface area (Å²) in [4.78, 5) is 23.2. The van der Waals surface area contributed by atoms with E-state index < -0.39 is 20.0 Å². The Labute approximate surface area is 355 Å². The molecule has 3 unspecified atom stereocenters. The Hall–Kier alpha value is -0.500. The monoisotopic (exact) mass is 832 g/mol. The van der Waals surface area contributed by atoms with Crippen molar-refractivity contribution in [2.24, 2.45) is 0 Å². The summed E-state index contributed by atoms with van der Waals surface area (Å²) < 4.78 is 23.7. The molecule has 0 fully saturated rings. The van der Waals surface area contributed by atoms with Crippen molar-refractivity contribution in [3.8, 4) is 0 Å². The molecule has 0 saturated carbocycles. The second-order valence-corrected chi connectivity index (χ2v) is 20.0. The van der Waals surface area contributed by atoms with Crippen LogP contribution in [-0.4, -0.2) is 73.4 Å². The number of carbonyl (C=O) groups excluding carboxylic acids is 1. The van der Waals surface area contributed by atoms with Gasteiger partial charge in [-0.3, -0.25) is 13.8 Å². The number of phosphoric acid groups is 1. The number of phosphoric ester groups is 1. The van der Waals surface area contributed by atoms with Crippen LogP contribution in [0.2, 0.25) is 0 Å². The Morgan fingerprint density at radius 1 is 0.526 bits per heavy atom. The summed E-state index contributed by atoms with van der Waals surface area (Å²) in [5.41, 5.74) is 0. The number of nitrogens with one attached hydrogen (secondary N) is 1. The van der Waals surface area contributed by atoms with Gasteiger partial charge in [-0.15, -0.1) is 0 Å². The molecular weight excluding hydrogens is 732 g/mol. The van der Waals surface area contributed by atoms with Crippen LogP contribution in [0.3, 0.4) is 0 Å². The number of amides is 1. The Bertz CT molecular complexity index is 901. The zero-order chi connectivity index (χ0) is 42.1. The highest BCUT2D eigenvalue weighted by molar-refractivity contribution is 7.47. The molecule has 0 aromatic heterocycles.